The van der Waals surface area contributed by atoms with Crippen LogP contribution in [-0.4, -0.2) is 40.7 Å². The van der Waals surface area contributed by atoms with Gasteiger partial charge in [0, 0.05) is 19.3 Å². The number of rotatable bonds is 2. The number of nitrogens with one attached hydrogen (secondary N) is 1. The van der Waals surface area contributed by atoms with Gasteiger partial charge in [0.2, 0.25) is 5.91 Å². The molecule has 2 fully saturated rings. The molecule has 3 rings (SSSR count). The van der Waals surface area contributed by atoms with Gasteiger partial charge in [-0.05, 0) is 36.7 Å². The number of hydrogen-bond acceptors (Lipinski definition) is 4. The number of nitrogens with zero attached hydrogens (tertiary/aromatic N) is 2. The quantitative estimate of drug-likeness (QED) is 0.791. The smallest absolute Gasteiger partial charge is 0.313 e. The van der Waals surface area contributed by atoms with Crippen LogP contribution in [0.25, 0.3) is 0 Å². The van der Waals surface area contributed by atoms with Crippen LogP contribution in [0.5, 0.6) is 0 Å². The van der Waals surface area contributed by atoms with E-state index in [2.05, 4.69) is 17.2 Å². The highest BCUT2D eigenvalue weighted by molar-refractivity contribution is 6.39. The Morgan fingerprint density at radius 2 is 1.96 bits per heavy atom. The lowest BCUT2D eigenvalue weighted by atomic mass is 9.70. The second kappa shape index (κ2) is 7.21. The number of pyridine rings is 1. The number of likely N-dealkylation sites (tertiary alicyclic amines) is 1. The Bertz CT molecular complexity index is 691. The van der Waals surface area contributed by atoms with E-state index in [1.807, 2.05) is 0 Å². The van der Waals surface area contributed by atoms with E-state index in [0.29, 0.717) is 30.8 Å². The summed E-state index contributed by atoms with van der Waals surface area (Å²) in [4.78, 5) is 41.6. The molecule has 7 heteroatoms. The van der Waals surface area contributed by atoms with Crippen LogP contribution in [0.15, 0.2) is 18.5 Å². The number of carbonyl (C=O) groups is 3. The number of amides is 3. The zero-order valence-corrected chi connectivity index (χ0v) is 14.4. The monoisotopic (exact) mass is 344 g/mol. The minimum atomic E-state index is -0.704. The molecule has 1 saturated heterocycles. The third-order valence-corrected chi connectivity index (χ3v) is 5.42. The minimum absolute atomic E-state index is 0.182. The van der Waals surface area contributed by atoms with Crippen LogP contribution in [0, 0.1) is 17.8 Å². The number of aromatic nitrogens is 1. The van der Waals surface area contributed by atoms with Gasteiger partial charge in [0.1, 0.15) is 0 Å². The van der Waals surface area contributed by atoms with Crippen molar-refractivity contribution < 1.29 is 14.4 Å². The van der Waals surface area contributed by atoms with Gasteiger partial charge in [0.05, 0.1) is 17.4 Å². The van der Waals surface area contributed by atoms with Crippen LogP contribution in [-0.2, 0) is 9.59 Å². The Kier molecular flexibility index (Phi) is 5.01. The highest BCUT2D eigenvalue weighted by Gasteiger charge is 2.38. The van der Waals surface area contributed by atoms with E-state index in [4.69, 9.17) is 5.73 Å². The SMILES string of the molecule is C[C@@H]1CN(C(=O)C(=O)Nc2cncc(C(N)=O)c2)C[C@@H]2CCCC[C@@H]21. The van der Waals surface area contributed by atoms with E-state index in [1.54, 1.807) is 4.90 Å². The number of primary amides is 1. The number of carbonyl (C=O) groups excluding carboxylic acids is 3. The van der Waals surface area contributed by atoms with E-state index >= 15 is 0 Å². The Balaban J connectivity index is 1.65. The largest absolute Gasteiger partial charge is 0.366 e. The summed E-state index contributed by atoms with van der Waals surface area (Å²) in [6.45, 7) is 3.44. The lowest BCUT2D eigenvalue weighted by Crippen LogP contribution is -2.51. The predicted molar refractivity (Wildman–Crippen MR) is 92.6 cm³/mol. The Labute approximate surface area is 147 Å². The second-order valence-electron chi connectivity index (χ2n) is 7.18. The maximum absolute atomic E-state index is 12.5. The third-order valence-electron chi connectivity index (χ3n) is 5.42. The first-order chi connectivity index (χ1) is 12.0. The van der Waals surface area contributed by atoms with Crippen LogP contribution in [0.4, 0.5) is 5.69 Å². The van der Waals surface area contributed by atoms with E-state index in [9.17, 15) is 14.4 Å². The maximum atomic E-state index is 12.5. The van der Waals surface area contributed by atoms with Gasteiger partial charge in [0.25, 0.3) is 0 Å². The van der Waals surface area contributed by atoms with Crippen LogP contribution >= 0.6 is 0 Å². The molecule has 1 aliphatic heterocycles. The molecule has 0 unspecified atom stereocenters. The van der Waals surface area contributed by atoms with Crippen LogP contribution in [0.1, 0.15) is 43.0 Å². The fourth-order valence-electron chi connectivity index (χ4n) is 4.19. The van der Waals surface area contributed by atoms with Crippen LogP contribution in [0.2, 0.25) is 0 Å². The van der Waals surface area contributed by atoms with Gasteiger partial charge in [0.15, 0.2) is 0 Å². The fourth-order valence-corrected chi connectivity index (χ4v) is 4.19. The highest BCUT2D eigenvalue weighted by Crippen LogP contribution is 2.39. The van der Waals surface area contributed by atoms with Gasteiger partial charge in [-0.2, -0.15) is 0 Å². The molecule has 2 heterocycles. The zero-order valence-electron chi connectivity index (χ0n) is 14.4. The Hall–Kier alpha value is -2.44. The molecular formula is C18H24N4O3. The summed E-state index contributed by atoms with van der Waals surface area (Å²) >= 11 is 0. The molecule has 0 radical (unpaired) electrons. The first-order valence-corrected chi connectivity index (χ1v) is 8.81. The molecular weight excluding hydrogens is 320 g/mol. The molecule has 25 heavy (non-hydrogen) atoms. The van der Waals surface area contributed by atoms with Gasteiger partial charge >= 0.3 is 11.8 Å². The number of fused-ring (bicyclic) bond motifs is 1. The molecule has 3 atom stereocenters. The Morgan fingerprint density at radius 1 is 1.20 bits per heavy atom. The van der Waals surface area contributed by atoms with E-state index in [-0.39, 0.29) is 11.3 Å². The van der Waals surface area contributed by atoms with Crippen molar-refractivity contribution in [1.82, 2.24) is 9.88 Å². The van der Waals surface area contributed by atoms with Gasteiger partial charge in [-0.3, -0.25) is 19.4 Å². The number of anilines is 1. The third kappa shape index (κ3) is 3.81. The van der Waals surface area contributed by atoms with E-state index in [1.165, 1.54) is 37.7 Å². The highest BCUT2D eigenvalue weighted by atomic mass is 16.2. The molecule has 1 saturated carbocycles. The van der Waals surface area contributed by atoms with Crippen molar-refractivity contribution in [3.63, 3.8) is 0 Å². The van der Waals surface area contributed by atoms with Crippen molar-refractivity contribution in [3.8, 4) is 0 Å². The van der Waals surface area contributed by atoms with Crippen LogP contribution < -0.4 is 11.1 Å². The first kappa shape index (κ1) is 17.4. The number of nitrogens with two attached hydrogens (primary N) is 1. The lowest BCUT2D eigenvalue weighted by molar-refractivity contribution is -0.146. The molecule has 0 aromatic carbocycles. The average molecular weight is 344 g/mol. The van der Waals surface area contributed by atoms with Crippen molar-refractivity contribution in [3.05, 3.63) is 24.0 Å². The van der Waals surface area contributed by atoms with Gasteiger partial charge in [-0.1, -0.05) is 19.8 Å². The van der Waals surface area contributed by atoms with E-state index < -0.39 is 17.7 Å². The molecule has 134 valence electrons. The molecule has 3 amide bonds. The molecule has 0 spiro atoms. The molecule has 2 aliphatic rings. The summed E-state index contributed by atoms with van der Waals surface area (Å²) in [7, 11) is 0. The topological polar surface area (TPSA) is 105 Å². The summed E-state index contributed by atoms with van der Waals surface area (Å²) in [5.74, 6) is -0.296. The summed E-state index contributed by atoms with van der Waals surface area (Å²) in [5.41, 5.74) is 5.67. The van der Waals surface area contributed by atoms with E-state index in [0.717, 1.165) is 6.42 Å². The summed E-state index contributed by atoms with van der Waals surface area (Å²) in [6, 6.07) is 1.41. The van der Waals surface area contributed by atoms with Crippen molar-refractivity contribution in [1.29, 1.82) is 0 Å². The second-order valence-corrected chi connectivity index (χ2v) is 7.18. The molecule has 1 aromatic heterocycles. The molecule has 3 N–H and O–H groups in total. The average Bonchev–Trinajstić information content (AvgIpc) is 2.61. The first-order valence-electron chi connectivity index (χ1n) is 8.81. The van der Waals surface area contributed by atoms with Crippen molar-refractivity contribution in [2.24, 2.45) is 23.5 Å². The lowest BCUT2D eigenvalue weighted by Gasteiger charge is -2.45. The zero-order chi connectivity index (χ0) is 18.0. The summed E-state index contributed by atoms with van der Waals surface area (Å²) in [6.07, 6.45) is 7.52. The van der Waals surface area contributed by atoms with Gasteiger partial charge in [-0.25, -0.2) is 0 Å². The summed E-state index contributed by atoms with van der Waals surface area (Å²) in [5, 5.41) is 2.52. The molecule has 1 aromatic rings. The Morgan fingerprint density at radius 3 is 2.72 bits per heavy atom. The minimum Gasteiger partial charge on any atom is -0.366 e. The maximum Gasteiger partial charge on any atom is 0.313 e. The summed E-state index contributed by atoms with van der Waals surface area (Å²) < 4.78 is 0. The molecule has 7 nitrogen and oxygen atoms in total. The fraction of sp³-hybridized carbons (Fsp3) is 0.556. The van der Waals surface area contributed by atoms with Crippen molar-refractivity contribution in [2.75, 3.05) is 18.4 Å². The molecule has 1 aliphatic carbocycles. The number of piperidine rings is 1. The standard InChI is InChI=1S/C18H24N4O3/c1-11-9-22(10-12-4-2-3-5-15(11)12)18(25)17(24)21-14-6-13(16(19)23)7-20-8-14/h6-8,11-12,15H,2-5,9-10H2,1H3,(H2,19,23)(H,21,24)/t11-,12+,15-/m1/s1. The van der Waals surface area contributed by atoms with Gasteiger partial charge < -0.3 is 16.0 Å². The predicted octanol–water partition coefficient (Wildman–Crippen LogP) is 1.40. The molecule has 0 bridgehead atoms. The van der Waals surface area contributed by atoms with Crippen molar-refractivity contribution >= 4 is 23.4 Å². The number of hydrogen-bond donors (Lipinski definition) is 2. The normalized spacial score (nSPS) is 25.8. The van der Waals surface area contributed by atoms with Crippen LogP contribution in [0.3, 0.4) is 0 Å². The van der Waals surface area contributed by atoms with Crippen molar-refractivity contribution in [2.45, 2.75) is 32.6 Å². The van der Waals surface area contributed by atoms with Gasteiger partial charge in [-0.15, -0.1) is 0 Å².